The number of carboxylic acids is 1. The molecule has 0 heterocycles. The fourth-order valence-corrected chi connectivity index (χ4v) is 3.10. The van der Waals surface area contributed by atoms with Crippen LogP contribution in [-0.2, 0) is 9.59 Å². The van der Waals surface area contributed by atoms with Crippen molar-refractivity contribution >= 4 is 11.9 Å². The highest BCUT2D eigenvalue weighted by Gasteiger charge is 2.41. The Morgan fingerprint density at radius 2 is 1.78 bits per heavy atom. The minimum atomic E-state index is -0.862. The molecule has 0 aromatic carbocycles. The summed E-state index contributed by atoms with van der Waals surface area (Å²) in [5.74, 6) is -1.26. The first-order valence-electron chi connectivity index (χ1n) is 6.66. The molecule has 0 radical (unpaired) electrons. The largest absolute Gasteiger partial charge is 0.481 e. The number of aliphatic hydroxyl groups is 1. The van der Waals surface area contributed by atoms with Crippen molar-refractivity contribution < 1.29 is 19.8 Å². The normalized spacial score (nSPS) is 39.1. The quantitative estimate of drug-likeness (QED) is 0.687. The smallest absolute Gasteiger partial charge is 0.307 e. The summed E-state index contributed by atoms with van der Waals surface area (Å²) in [6.07, 6.45) is 2.52. The van der Waals surface area contributed by atoms with Crippen molar-refractivity contribution in [1.82, 2.24) is 5.32 Å². The molecule has 2 rings (SSSR count). The van der Waals surface area contributed by atoms with E-state index in [0.29, 0.717) is 31.2 Å². The average molecular weight is 255 g/mol. The van der Waals surface area contributed by atoms with Crippen LogP contribution >= 0.6 is 0 Å². The van der Waals surface area contributed by atoms with Gasteiger partial charge in [0.2, 0.25) is 5.91 Å². The van der Waals surface area contributed by atoms with Crippen LogP contribution in [0.2, 0.25) is 0 Å². The number of hydrogen-bond acceptors (Lipinski definition) is 3. The van der Waals surface area contributed by atoms with E-state index in [0.717, 1.165) is 12.8 Å². The van der Waals surface area contributed by atoms with Gasteiger partial charge in [-0.05, 0) is 37.5 Å². The lowest BCUT2D eigenvalue weighted by Crippen LogP contribution is -2.42. The number of carboxylic acid groups (broad SMARTS) is 1. The zero-order chi connectivity index (χ0) is 13.3. The number of aliphatic carboxylic acids is 1. The van der Waals surface area contributed by atoms with E-state index in [2.05, 4.69) is 5.32 Å². The molecule has 5 heteroatoms. The number of carbonyl (C=O) groups excluding carboxylic acids is 1. The molecular formula is C13H21NO4. The van der Waals surface area contributed by atoms with E-state index in [1.54, 1.807) is 0 Å². The zero-order valence-electron chi connectivity index (χ0n) is 10.6. The average Bonchev–Trinajstić information content (AvgIpc) is 2.65. The van der Waals surface area contributed by atoms with Gasteiger partial charge in [0.15, 0.2) is 0 Å². The molecule has 0 aromatic heterocycles. The number of rotatable bonds is 4. The van der Waals surface area contributed by atoms with Crippen molar-refractivity contribution in [3.8, 4) is 0 Å². The van der Waals surface area contributed by atoms with Crippen LogP contribution in [0.3, 0.4) is 0 Å². The summed E-state index contributed by atoms with van der Waals surface area (Å²) in [5, 5.41) is 21.1. The van der Waals surface area contributed by atoms with Crippen LogP contribution in [0.1, 0.15) is 32.6 Å². The molecule has 1 amide bonds. The van der Waals surface area contributed by atoms with E-state index in [-0.39, 0.29) is 17.9 Å². The third-order valence-corrected chi connectivity index (χ3v) is 4.23. The summed E-state index contributed by atoms with van der Waals surface area (Å²) >= 11 is 0. The lowest BCUT2D eigenvalue weighted by molar-refractivity contribution is -0.146. The van der Waals surface area contributed by atoms with Crippen LogP contribution in [0.15, 0.2) is 0 Å². The highest BCUT2D eigenvalue weighted by Crippen LogP contribution is 2.36. The van der Waals surface area contributed by atoms with E-state index in [4.69, 9.17) is 10.2 Å². The predicted octanol–water partition coefficient (Wildman–Crippen LogP) is 0.620. The third kappa shape index (κ3) is 2.83. The summed E-state index contributed by atoms with van der Waals surface area (Å²) in [6.45, 7) is 2.55. The molecule has 102 valence electrons. The minimum Gasteiger partial charge on any atom is -0.481 e. The molecule has 0 bridgehead atoms. The highest BCUT2D eigenvalue weighted by atomic mass is 16.4. The predicted molar refractivity (Wildman–Crippen MR) is 64.8 cm³/mol. The van der Waals surface area contributed by atoms with Crippen LogP contribution in [0.25, 0.3) is 0 Å². The number of amides is 1. The first kappa shape index (κ1) is 13.3. The van der Waals surface area contributed by atoms with Gasteiger partial charge in [-0.3, -0.25) is 9.59 Å². The molecule has 0 aromatic rings. The molecule has 5 nitrogen and oxygen atoms in total. The Kier molecular flexibility index (Phi) is 3.90. The number of hydrogen-bond donors (Lipinski definition) is 3. The molecule has 18 heavy (non-hydrogen) atoms. The standard InChI is InChI=1S/C13H21NO4/c1-7-2-10(11(3-7)13(17)18)12(16)14-6-8-4-9(15)5-8/h7-11,15H,2-6H2,1H3,(H,14,16)(H,17,18). The van der Waals surface area contributed by atoms with Crippen LogP contribution in [0.4, 0.5) is 0 Å². The van der Waals surface area contributed by atoms with E-state index >= 15 is 0 Å². The fourth-order valence-electron chi connectivity index (χ4n) is 3.10. The van der Waals surface area contributed by atoms with Gasteiger partial charge in [0.1, 0.15) is 0 Å². The fraction of sp³-hybridized carbons (Fsp3) is 0.846. The van der Waals surface area contributed by atoms with E-state index in [9.17, 15) is 9.59 Å². The molecule has 0 aliphatic heterocycles. The van der Waals surface area contributed by atoms with Gasteiger partial charge in [-0.15, -0.1) is 0 Å². The zero-order valence-corrected chi connectivity index (χ0v) is 10.6. The topological polar surface area (TPSA) is 86.6 Å². The molecular weight excluding hydrogens is 234 g/mol. The van der Waals surface area contributed by atoms with E-state index < -0.39 is 11.9 Å². The van der Waals surface area contributed by atoms with Gasteiger partial charge in [0.05, 0.1) is 17.9 Å². The Labute approximate surface area is 107 Å². The Bertz CT molecular complexity index is 338. The van der Waals surface area contributed by atoms with E-state index in [1.165, 1.54) is 0 Å². The van der Waals surface area contributed by atoms with Gasteiger partial charge >= 0.3 is 5.97 Å². The second-order valence-electron chi connectivity index (χ2n) is 5.86. The van der Waals surface area contributed by atoms with Crippen molar-refractivity contribution in [3.63, 3.8) is 0 Å². The first-order valence-corrected chi connectivity index (χ1v) is 6.66. The van der Waals surface area contributed by atoms with E-state index in [1.807, 2.05) is 6.92 Å². The highest BCUT2D eigenvalue weighted by molar-refractivity contribution is 5.85. The van der Waals surface area contributed by atoms with Gasteiger partial charge in [-0.2, -0.15) is 0 Å². The van der Waals surface area contributed by atoms with Crippen molar-refractivity contribution in [2.75, 3.05) is 6.54 Å². The Balaban J connectivity index is 1.82. The number of nitrogens with one attached hydrogen (secondary N) is 1. The molecule has 2 saturated carbocycles. The summed E-state index contributed by atoms with van der Waals surface area (Å²) in [6, 6.07) is 0. The van der Waals surface area contributed by atoms with Crippen molar-refractivity contribution in [2.45, 2.75) is 38.7 Å². The number of carbonyl (C=O) groups is 2. The maximum atomic E-state index is 12.0. The number of aliphatic hydroxyl groups excluding tert-OH is 1. The molecule has 3 atom stereocenters. The Morgan fingerprint density at radius 3 is 2.33 bits per heavy atom. The summed E-state index contributed by atoms with van der Waals surface area (Å²) in [5.41, 5.74) is 0. The minimum absolute atomic E-state index is 0.131. The van der Waals surface area contributed by atoms with Gasteiger partial charge in [-0.1, -0.05) is 6.92 Å². The second-order valence-corrected chi connectivity index (χ2v) is 5.86. The molecule has 2 aliphatic rings. The molecule has 3 unspecified atom stereocenters. The maximum Gasteiger partial charge on any atom is 0.307 e. The first-order chi connectivity index (χ1) is 8.47. The van der Waals surface area contributed by atoms with Crippen LogP contribution in [0, 0.1) is 23.7 Å². The molecule has 0 spiro atoms. The molecule has 2 aliphatic carbocycles. The summed E-state index contributed by atoms with van der Waals surface area (Å²) in [4.78, 5) is 23.1. The molecule has 2 fully saturated rings. The van der Waals surface area contributed by atoms with Gasteiger partial charge < -0.3 is 15.5 Å². The molecule has 3 N–H and O–H groups in total. The molecule has 0 saturated heterocycles. The monoisotopic (exact) mass is 255 g/mol. The summed E-state index contributed by atoms with van der Waals surface area (Å²) in [7, 11) is 0. The van der Waals surface area contributed by atoms with Crippen molar-refractivity contribution in [1.29, 1.82) is 0 Å². The SMILES string of the molecule is CC1CC(C(=O)O)C(C(=O)NCC2CC(O)C2)C1. The summed E-state index contributed by atoms with van der Waals surface area (Å²) < 4.78 is 0. The lowest BCUT2D eigenvalue weighted by atomic mass is 9.82. The van der Waals surface area contributed by atoms with Crippen molar-refractivity contribution in [2.24, 2.45) is 23.7 Å². The van der Waals surface area contributed by atoms with Crippen LogP contribution < -0.4 is 5.32 Å². The van der Waals surface area contributed by atoms with Crippen LogP contribution in [0.5, 0.6) is 0 Å². The lowest BCUT2D eigenvalue weighted by Gasteiger charge is -2.31. The third-order valence-electron chi connectivity index (χ3n) is 4.23. The van der Waals surface area contributed by atoms with Gasteiger partial charge in [0, 0.05) is 6.54 Å². The van der Waals surface area contributed by atoms with Gasteiger partial charge in [-0.25, -0.2) is 0 Å². The van der Waals surface area contributed by atoms with Crippen molar-refractivity contribution in [3.05, 3.63) is 0 Å². The Hall–Kier alpha value is -1.10. The maximum absolute atomic E-state index is 12.0. The second kappa shape index (κ2) is 5.26. The Morgan fingerprint density at radius 1 is 1.17 bits per heavy atom. The van der Waals surface area contributed by atoms with Crippen LogP contribution in [-0.4, -0.2) is 34.7 Å². The van der Waals surface area contributed by atoms with Gasteiger partial charge in [0.25, 0.3) is 0 Å².